The molecule has 4 heteroatoms. The molecule has 2 nitrogen and oxygen atoms in total. The van der Waals surface area contributed by atoms with Crippen LogP contribution in [-0.2, 0) is 0 Å². The van der Waals surface area contributed by atoms with Crippen LogP contribution in [0.15, 0.2) is 18.2 Å². The van der Waals surface area contributed by atoms with Gasteiger partial charge in [-0.15, -0.1) is 0 Å². The Morgan fingerprint density at radius 1 is 1.31 bits per heavy atom. The van der Waals surface area contributed by atoms with E-state index in [-0.39, 0.29) is 6.04 Å². The fraction of sp³-hybridized carbons (Fsp3) is 0.333. The van der Waals surface area contributed by atoms with Gasteiger partial charge in [0.2, 0.25) is 0 Å². The first kappa shape index (κ1) is 10.6. The third-order valence-electron chi connectivity index (χ3n) is 1.35. The monoisotopic (exact) mass is 219 g/mol. The van der Waals surface area contributed by atoms with Crippen molar-refractivity contribution in [2.45, 2.75) is 13.0 Å². The number of halogens is 2. The summed E-state index contributed by atoms with van der Waals surface area (Å²) in [6, 6.07) is 5.06. The van der Waals surface area contributed by atoms with E-state index in [1.54, 1.807) is 18.2 Å². The third kappa shape index (κ3) is 3.85. The van der Waals surface area contributed by atoms with Gasteiger partial charge in [0.1, 0.15) is 12.4 Å². The van der Waals surface area contributed by atoms with Gasteiger partial charge in [-0.05, 0) is 25.1 Å². The minimum Gasteiger partial charge on any atom is -0.492 e. The van der Waals surface area contributed by atoms with Crippen LogP contribution in [0.3, 0.4) is 0 Å². The lowest BCUT2D eigenvalue weighted by atomic mass is 10.3. The highest BCUT2D eigenvalue weighted by molar-refractivity contribution is 6.34. The lowest BCUT2D eigenvalue weighted by Gasteiger charge is -2.08. The van der Waals surface area contributed by atoms with E-state index in [1.807, 2.05) is 6.92 Å². The molecule has 0 bridgehead atoms. The van der Waals surface area contributed by atoms with E-state index in [0.717, 1.165) is 0 Å². The molecule has 0 saturated carbocycles. The smallest absolute Gasteiger partial charge is 0.122 e. The van der Waals surface area contributed by atoms with Crippen LogP contribution in [0.1, 0.15) is 6.92 Å². The maximum absolute atomic E-state index is 5.77. The quantitative estimate of drug-likeness (QED) is 0.849. The van der Waals surface area contributed by atoms with Crippen LogP contribution in [0.25, 0.3) is 0 Å². The lowest BCUT2D eigenvalue weighted by molar-refractivity contribution is 0.296. The van der Waals surface area contributed by atoms with Crippen LogP contribution >= 0.6 is 23.2 Å². The molecule has 0 aliphatic rings. The van der Waals surface area contributed by atoms with Gasteiger partial charge in [-0.2, -0.15) is 0 Å². The fourth-order valence-electron chi connectivity index (χ4n) is 0.840. The second-order valence-electron chi connectivity index (χ2n) is 2.89. The van der Waals surface area contributed by atoms with E-state index >= 15 is 0 Å². The third-order valence-corrected chi connectivity index (χ3v) is 1.79. The average Bonchev–Trinajstić information content (AvgIpc) is 1.99. The van der Waals surface area contributed by atoms with E-state index in [9.17, 15) is 0 Å². The van der Waals surface area contributed by atoms with Gasteiger partial charge >= 0.3 is 0 Å². The second-order valence-corrected chi connectivity index (χ2v) is 3.77. The second kappa shape index (κ2) is 4.70. The minimum absolute atomic E-state index is 0.00208. The predicted octanol–water partition coefficient (Wildman–Crippen LogP) is 2.72. The van der Waals surface area contributed by atoms with Gasteiger partial charge in [0.15, 0.2) is 0 Å². The van der Waals surface area contributed by atoms with Gasteiger partial charge < -0.3 is 10.5 Å². The average molecular weight is 220 g/mol. The van der Waals surface area contributed by atoms with Gasteiger partial charge in [-0.25, -0.2) is 0 Å². The predicted molar refractivity (Wildman–Crippen MR) is 55.6 cm³/mol. The van der Waals surface area contributed by atoms with Crippen LogP contribution in [0, 0.1) is 0 Å². The van der Waals surface area contributed by atoms with Crippen LogP contribution in [-0.4, -0.2) is 12.6 Å². The number of hydrogen-bond donors (Lipinski definition) is 1. The summed E-state index contributed by atoms with van der Waals surface area (Å²) >= 11 is 11.5. The van der Waals surface area contributed by atoms with Gasteiger partial charge in [0.05, 0.1) is 0 Å². The number of nitrogens with two attached hydrogens (primary N) is 1. The molecule has 0 aromatic heterocycles. The Balaban J connectivity index is 2.66. The molecular formula is C9H11Cl2NO. The summed E-state index contributed by atoms with van der Waals surface area (Å²) in [5, 5.41) is 1.12. The normalized spacial score (nSPS) is 12.6. The van der Waals surface area contributed by atoms with Crippen LogP contribution in [0.2, 0.25) is 10.0 Å². The van der Waals surface area contributed by atoms with Crippen molar-refractivity contribution < 1.29 is 4.74 Å². The molecule has 0 saturated heterocycles. The van der Waals surface area contributed by atoms with Gasteiger partial charge in [0, 0.05) is 16.1 Å². The van der Waals surface area contributed by atoms with Crippen LogP contribution in [0.5, 0.6) is 5.75 Å². The van der Waals surface area contributed by atoms with Gasteiger partial charge in [-0.3, -0.25) is 0 Å². The summed E-state index contributed by atoms with van der Waals surface area (Å²) in [6.45, 7) is 2.32. The van der Waals surface area contributed by atoms with Crippen molar-refractivity contribution in [3.63, 3.8) is 0 Å². The maximum Gasteiger partial charge on any atom is 0.122 e. The molecular weight excluding hydrogens is 209 g/mol. The Morgan fingerprint density at radius 2 is 1.85 bits per heavy atom. The van der Waals surface area contributed by atoms with Crippen molar-refractivity contribution in [3.8, 4) is 5.75 Å². The summed E-state index contributed by atoms with van der Waals surface area (Å²) in [4.78, 5) is 0. The molecule has 2 N–H and O–H groups in total. The zero-order valence-electron chi connectivity index (χ0n) is 7.26. The first-order valence-corrected chi connectivity index (χ1v) is 4.68. The molecule has 1 aromatic carbocycles. The van der Waals surface area contributed by atoms with E-state index in [1.165, 1.54) is 0 Å². The Labute approximate surface area is 87.6 Å². The van der Waals surface area contributed by atoms with E-state index in [0.29, 0.717) is 22.4 Å². The highest BCUT2D eigenvalue weighted by Gasteiger charge is 2.00. The van der Waals surface area contributed by atoms with Crippen molar-refractivity contribution in [1.82, 2.24) is 0 Å². The first-order chi connectivity index (χ1) is 6.08. The van der Waals surface area contributed by atoms with Crippen molar-refractivity contribution in [2.75, 3.05) is 6.61 Å². The Kier molecular flexibility index (Phi) is 3.85. The highest BCUT2D eigenvalue weighted by Crippen LogP contribution is 2.24. The van der Waals surface area contributed by atoms with Crippen molar-refractivity contribution in [3.05, 3.63) is 28.2 Å². The molecule has 1 atom stereocenters. The summed E-state index contributed by atoms with van der Waals surface area (Å²) in [5.41, 5.74) is 5.53. The summed E-state index contributed by atoms with van der Waals surface area (Å²) in [5.74, 6) is 0.648. The largest absolute Gasteiger partial charge is 0.492 e. The van der Waals surface area contributed by atoms with Crippen LogP contribution in [0.4, 0.5) is 0 Å². The molecule has 13 heavy (non-hydrogen) atoms. The topological polar surface area (TPSA) is 35.2 Å². The Morgan fingerprint density at radius 3 is 2.31 bits per heavy atom. The Hall–Kier alpha value is -0.440. The fourth-order valence-corrected chi connectivity index (χ4v) is 1.35. The molecule has 0 unspecified atom stereocenters. The SMILES string of the molecule is C[C@@H](N)COc1cc(Cl)cc(Cl)c1. The molecule has 0 heterocycles. The molecule has 1 aromatic rings. The molecule has 0 amide bonds. The number of benzene rings is 1. The van der Waals surface area contributed by atoms with Gasteiger partial charge in [0.25, 0.3) is 0 Å². The zero-order chi connectivity index (χ0) is 9.84. The number of rotatable bonds is 3. The standard InChI is InChI=1S/C9H11Cl2NO/c1-6(12)5-13-9-3-7(10)2-8(11)4-9/h2-4,6H,5,12H2,1H3/t6-/m1/s1. The molecule has 1 rings (SSSR count). The van der Waals surface area contributed by atoms with Crippen molar-refractivity contribution in [2.24, 2.45) is 5.73 Å². The maximum atomic E-state index is 5.77. The molecule has 0 aliphatic carbocycles. The van der Waals surface area contributed by atoms with E-state index in [4.69, 9.17) is 33.7 Å². The van der Waals surface area contributed by atoms with Crippen molar-refractivity contribution >= 4 is 23.2 Å². The van der Waals surface area contributed by atoms with Crippen molar-refractivity contribution in [1.29, 1.82) is 0 Å². The van der Waals surface area contributed by atoms with E-state index in [2.05, 4.69) is 0 Å². The van der Waals surface area contributed by atoms with E-state index < -0.39 is 0 Å². The number of ether oxygens (including phenoxy) is 1. The molecule has 0 aliphatic heterocycles. The molecule has 0 radical (unpaired) electrons. The van der Waals surface area contributed by atoms with Gasteiger partial charge in [-0.1, -0.05) is 23.2 Å². The summed E-state index contributed by atoms with van der Waals surface area (Å²) in [7, 11) is 0. The molecule has 0 fully saturated rings. The first-order valence-electron chi connectivity index (χ1n) is 3.92. The Bertz CT molecular complexity index is 269. The minimum atomic E-state index is -0.00208. The lowest BCUT2D eigenvalue weighted by Crippen LogP contribution is -2.23. The number of hydrogen-bond acceptors (Lipinski definition) is 2. The summed E-state index contributed by atoms with van der Waals surface area (Å²) < 4.78 is 5.34. The highest BCUT2D eigenvalue weighted by atomic mass is 35.5. The summed E-state index contributed by atoms with van der Waals surface area (Å²) in [6.07, 6.45) is 0. The zero-order valence-corrected chi connectivity index (χ0v) is 8.77. The van der Waals surface area contributed by atoms with Crippen LogP contribution < -0.4 is 10.5 Å². The molecule has 72 valence electrons. The molecule has 0 spiro atoms.